The topological polar surface area (TPSA) is 87.5 Å². The van der Waals surface area contributed by atoms with Gasteiger partial charge in [-0.25, -0.2) is 14.5 Å². The smallest absolute Gasteiger partial charge is 0.393 e. The molecule has 2 fully saturated rings. The van der Waals surface area contributed by atoms with Crippen LogP contribution in [0.4, 0.5) is 18.2 Å². The number of aryl methyl sites for hydroxylation is 1. The molecule has 0 amide bonds. The van der Waals surface area contributed by atoms with Gasteiger partial charge in [-0.2, -0.15) is 23.4 Å². The number of nitrogens with one attached hydrogen (secondary N) is 1. The predicted octanol–water partition coefficient (Wildman–Crippen LogP) is 4.44. The van der Waals surface area contributed by atoms with Crippen LogP contribution in [0.15, 0.2) is 18.6 Å². The van der Waals surface area contributed by atoms with E-state index in [4.69, 9.17) is 4.74 Å². The third-order valence-electron chi connectivity index (χ3n) is 7.15. The van der Waals surface area contributed by atoms with Crippen molar-refractivity contribution in [3.05, 3.63) is 29.8 Å². The molecule has 0 aromatic carbocycles. The number of hydrogen-bond acceptors (Lipinski definition) is 8. The Kier molecular flexibility index (Phi) is 5.91. The van der Waals surface area contributed by atoms with E-state index in [1.165, 1.54) is 29.3 Å². The fourth-order valence-corrected chi connectivity index (χ4v) is 6.86. The van der Waals surface area contributed by atoms with Gasteiger partial charge in [0.25, 0.3) is 0 Å². The largest absolute Gasteiger partial charge is 0.493 e. The number of hydrogen-bond donors (Lipinski definition) is 1. The number of methoxy groups -OCH3 is 1. The van der Waals surface area contributed by atoms with Crippen LogP contribution in [0, 0.1) is 18.3 Å². The monoisotopic (exact) mass is 546 g/mol. The molecule has 1 spiro atoms. The molecule has 6 rings (SSSR count). The Morgan fingerprint density at radius 1 is 1.21 bits per heavy atom. The molecule has 4 aromatic heterocycles. The van der Waals surface area contributed by atoms with Crippen molar-refractivity contribution < 1.29 is 17.9 Å². The number of thiazole rings is 1. The van der Waals surface area contributed by atoms with Crippen molar-refractivity contribution in [3.63, 3.8) is 0 Å². The van der Waals surface area contributed by atoms with Crippen molar-refractivity contribution in [1.82, 2.24) is 34.7 Å². The second-order valence-electron chi connectivity index (χ2n) is 10.9. The zero-order valence-electron chi connectivity index (χ0n) is 21.6. The van der Waals surface area contributed by atoms with Gasteiger partial charge in [0.2, 0.25) is 0 Å². The lowest BCUT2D eigenvalue weighted by Crippen LogP contribution is -2.72. The van der Waals surface area contributed by atoms with Crippen molar-refractivity contribution in [2.24, 2.45) is 11.3 Å². The van der Waals surface area contributed by atoms with Gasteiger partial charge in [0.15, 0.2) is 11.4 Å². The van der Waals surface area contributed by atoms with E-state index in [0.29, 0.717) is 33.3 Å². The molecule has 0 aliphatic carbocycles. The van der Waals surface area contributed by atoms with Crippen molar-refractivity contribution in [1.29, 1.82) is 0 Å². The Hall–Kier alpha value is -3.19. The molecule has 0 unspecified atom stereocenters. The van der Waals surface area contributed by atoms with E-state index in [1.54, 1.807) is 12.3 Å². The average molecular weight is 547 g/mol. The number of fused-ring (bicyclic) bond motifs is 1. The number of nitrogens with zero attached hydrogens (tertiary/aromatic N) is 7. The van der Waals surface area contributed by atoms with Crippen LogP contribution in [0.3, 0.4) is 0 Å². The minimum absolute atomic E-state index is 0.0442. The number of ether oxygens (including phenoxy) is 1. The molecule has 38 heavy (non-hydrogen) atoms. The maximum Gasteiger partial charge on any atom is 0.393 e. The van der Waals surface area contributed by atoms with Crippen LogP contribution >= 0.6 is 11.3 Å². The lowest BCUT2D eigenvalue weighted by atomic mass is 9.72. The lowest BCUT2D eigenvalue weighted by Gasteiger charge is -2.61. The summed E-state index contributed by atoms with van der Waals surface area (Å²) in [5, 5.41) is 12.8. The third-order valence-corrected chi connectivity index (χ3v) is 8.38. The maximum absolute atomic E-state index is 13.8. The van der Waals surface area contributed by atoms with Crippen LogP contribution in [0.2, 0.25) is 0 Å². The van der Waals surface area contributed by atoms with Gasteiger partial charge < -0.3 is 14.5 Å². The molecule has 1 N–H and O–H groups in total. The normalized spacial score (nSPS) is 17.4. The van der Waals surface area contributed by atoms with Gasteiger partial charge in [-0.3, -0.25) is 5.10 Å². The molecule has 2 aliphatic rings. The van der Waals surface area contributed by atoms with E-state index in [1.807, 2.05) is 6.92 Å². The highest BCUT2D eigenvalue weighted by molar-refractivity contribution is 7.19. The van der Waals surface area contributed by atoms with Gasteiger partial charge in [0, 0.05) is 55.5 Å². The van der Waals surface area contributed by atoms with Crippen LogP contribution in [0.25, 0.3) is 27.6 Å². The van der Waals surface area contributed by atoms with Gasteiger partial charge >= 0.3 is 6.18 Å². The first-order valence-corrected chi connectivity index (χ1v) is 13.3. The molecule has 0 bridgehead atoms. The van der Waals surface area contributed by atoms with E-state index in [0.717, 1.165) is 43.4 Å². The van der Waals surface area contributed by atoms with Crippen LogP contribution < -0.4 is 9.64 Å². The highest BCUT2D eigenvalue weighted by Crippen LogP contribution is 2.46. The Morgan fingerprint density at radius 3 is 2.66 bits per heavy atom. The zero-order chi connectivity index (χ0) is 26.8. The second-order valence-corrected chi connectivity index (χ2v) is 11.8. The highest BCUT2D eigenvalue weighted by Gasteiger charge is 2.52. The fraction of sp³-hybridized carbons (Fsp3) is 0.520. The summed E-state index contributed by atoms with van der Waals surface area (Å²) in [4.78, 5) is 13.6. The first-order chi connectivity index (χ1) is 18.0. The van der Waals surface area contributed by atoms with E-state index < -0.39 is 12.6 Å². The van der Waals surface area contributed by atoms with Gasteiger partial charge in [0.1, 0.15) is 22.0 Å². The number of aromatic nitrogens is 6. The molecule has 0 radical (unpaired) electrons. The molecule has 0 saturated carbocycles. The number of likely N-dealkylation sites (tertiary alicyclic amines) is 1. The molecular weight excluding hydrogens is 517 g/mol. The van der Waals surface area contributed by atoms with Crippen LogP contribution in [-0.2, 0) is 6.42 Å². The zero-order valence-corrected chi connectivity index (χ0v) is 22.4. The molecule has 4 aromatic rings. The summed E-state index contributed by atoms with van der Waals surface area (Å²) in [5.74, 6) is 1.05. The standard InChI is InChI=1S/C25H29F3N8OS/c1-14(2)7-34-9-24(10-34)11-35(12-24)23-15(3)31-22(38-23)20-17(6-25(26,27)28)19(32-33-20)16-5-18(37-4)21-29-13-30-36(21)8-16/h5,8,13-14H,6-7,9-12H2,1-4H3,(H,32,33). The average Bonchev–Trinajstić information content (AvgIpc) is 3.51. The summed E-state index contributed by atoms with van der Waals surface area (Å²) in [6.07, 6.45) is -2.60. The maximum atomic E-state index is 13.8. The Labute approximate surface area is 221 Å². The van der Waals surface area contributed by atoms with E-state index in [9.17, 15) is 13.2 Å². The van der Waals surface area contributed by atoms with E-state index in [2.05, 4.69) is 48.9 Å². The summed E-state index contributed by atoms with van der Waals surface area (Å²) in [7, 11) is 1.48. The SMILES string of the molecule is COc1cc(-c2[nH]nc(-c3nc(C)c(N4CC5(CN(CC(C)C)C5)C4)s3)c2CC(F)(F)F)cn2ncnc12. The minimum atomic E-state index is -4.43. The molecule has 2 aliphatic heterocycles. The van der Waals surface area contributed by atoms with Gasteiger partial charge in [-0.05, 0) is 18.9 Å². The number of anilines is 1. The summed E-state index contributed by atoms with van der Waals surface area (Å²) in [6.45, 7) is 11.6. The van der Waals surface area contributed by atoms with Gasteiger partial charge in [-0.15, -0.1) is 0 Å². The van der Waals surface area contributed by atoms with Crippen molar-refractivity contribution in [2.75, 3.05) is 44.7 Å². The van der Waals surface area contributed by atoms with E-state index in [-0.39, 0.29) is 17.0 Å². The Morgan fingerprint density at radius 2 is 1.97 bits per heavy atom. The van der Waals surface area contributed by atoms with Crippen LogP contribution in [0.1, 0.15) is 25.1 Å². The van der Waals surface area contributed by atoms with Gasteiger partial charge in [0.05, 0.1) is 24.9 Å². The first kappa shape index (κ1) is 25.1. The Bertz CT molecular complexity index is 1480. The molecule has 2 saturated heterocycles. The number of pyridine rings is 1. The number of rotatable bonds is 7. The van der Waals surface area contributed by atoms with Crippen LogP contribution in [0.5, 0.6) is 5.75 Å². The summed E-state index contributed by atoms with van der Waals surface area (Å²) in [5.41, 5.74) is 2.59. The number of aromatic amines is 1. The van der Waals surface area contributed by atoms with Crippen molar-refractivity contribution in [2.45, 2.75) is 33.4 Å². The predicted molar refractivity (Wildman–Crippen MR) is 139 cm³/mol. The fourth-order valence-electron chi connectivity index (χ4n) is 5.77. The molecule has 202 valence electrons. The molecule has 9 nitrogen and oxygen atoms in total. The molecule has 13 heteroatoms. The highest BCUT2D eigenvalue weighted by atomic mass is 32.1. The molecule has 6 heterocycles. The minimum Gasteiger partial charge on any atom is -0.493 e. The first-order valence-electron chi connectivity index (χ1n) is 12.5. The van der Waals surface area contributed by atoms with Crippen molar-refractivity contribution >= 4 is 22.0 Å². The molecular formula is C25H29F3N8OS. The van der Waals surface area contributed by atoms with Crippen LogP contribution in [-0.4, -0.2) is 80.7 Å². The Balaban J connectivity index is 1.30. The summed E-state index contributed by atoms with van der Waals surface area (Å²) >= 11 is 1.40. The number of halogens is 3. The third kappa shape index (κ3) is 4.41. The quantitative estimate of drug-likeness (QED) is 0.367. The van der Waals surface area contributed by atoms with Gasteiger partial charge in [-0.1, -0.05) is 25.2 Å². The summed E-state index contributed by atoms with van der Waals surface area (Å²) in [6, 6.07) is 1.64. The molecule has 0 atom stereocenters. The van der Waals surface area contributed by atoms with E-state index >= 15 is 0 Å². The summed E-state index contributed by atoms with van der Waals surface area (Å²) < 4.78 is 48.1. The number of alkyl halides is 3. The second kappa shape index (κ2) is 8.94. The van der Waals surface area contributed by atoms with Crippen molar-refractivity contribution in [3.8, 4) is 27.7 Å². The lowest BCUT2D eigenvalue weighted by molar-refractivity contribution is -0.127. The number of H-pyrrole nitrogens is 1.